The first-order chi connectivity index (χ1) is 15.3. The Morgan fingerprint density at radius 3 is 2.47 bits per heavy atom. The number of hydrogen-bond acceptors (Lipinski definition) is 8. The van der Waals surface area contributed by atoms with Gasteiger partial charge in [0.15, 0.2) is 22.4 Å². The van der Waals surface area contributed by atoms with Gasteiger partial charge in [-0.3, -0.25) is 9.69 Å². The van der Waals surface area contributed by atoms with Crippen molar-refractivity contribution in [2.45, 2.75) is 6.92 Å². The van der Waals surface area contributed by atoms with E-state index in [2.05, 4.69) is 4.74 Å². The van der Waals surface area contributed by atoms with Gasteiger partial charge in [0.1, 0.15) is 0 Å². The molecule has 1 saturated heterocycles. The molecule has 0 unspecified atom stereocenters. The first-order valence-corrected chi connectivity index (χ1v) is 11.1. The van der Waals surface area contributed by atoms with Crippen molar-refractivity contribution in [3.05, 3.63) is 52.9 Å². The van der Waals surface area contributed by atoms with Crippen LogP contribution in [-0.2, 0) is 14.3 Å². The molecular weight excluding hydrogens is 448 g/mol. The van der Waals surface area contributed by atoms with E-state index in [1.165, 1.54) is 23.8 Å². The molecule has 1 aliphatic heterocycles. The summed E-state index contributed by atoms with van der Waals surface area (Å²) in [6, 6.07) is 12.9. The fraction of sp³-hybridized carbons (Fsp3) is 0.261. The van der Waals surface area contributed by atoms with Gasteiger partial charge < -0.3 is 19.1 Å². The monoisotopic (exact) mass is 472 g/mol. The maximum absolute atomic E-state index is 13.1. The molecule has 168 valence electrons. The highest BCUT2D eigenvalue weighted by Gasteiger charge is 2.33. The summed E-state index contributed by atoms with van der Waals surface area (Å²) in [5.74, 6) is 0.225. The lowest BCUT2D eigenvalue weighted by molar-refractivity contribution is -0.142. The first kappa shape index (κ1) is 23.6. The largest absolute Gasteiger partial charge is 0.490 e. The number of rotatable bonds is 8. The van der Waals surface area contributed by atoms with Crippen LogP contribution in [0.2, 0.25) is 0 Å². The molecule has 0 bridgehead atoms. The number of esters is 1. The number of thioether (sulfide) groups is 1. The fourth-order valence-electron chi connectivity index (χ4n) is 2.94. The number of amides is 1. The van der Waals surface area contributed by atoms with Crippen LogP contribution in [0.1, 0.15) is 12.5 Å². The number of hydrogen-bond donors (Lipinski definition) is 0. The van der Waals surface area contributed by atoms with Crippen molar-refractivity contribution in [3.63, 3.8) is 0 Å². The van der Waals surface area contributed by atoms with E-state index in [0.717, 1.165) is 16.9 Å². The number of carbonyl (C=O) groups is 2. The molecule has 0 spiro atoms. The Hall–Kier alpha value is -3.04. The molecular formula is C23H24N2O5S2. The van der Waals surface area contributed by atoms with E-state index in [9.17, 15) is 9.59 Å². The summed E-state index contributed by atoms with van der Waals surface area (Å²) < 4.78 is 16.2. The lowest BCUT2D eigenvalue weighted by Gasteiger charge is -2.17. The second-order valence-electron chi connectivity index (χ2n) is 6.93. The molecule has 2 aromatic carbocycles. The summed E-state index contributed by atoms with van der Waals surface area (Å²) in [6.07, 6.45) is 1.76. The molecule has 3 rings (SSSR count). The highest BCUT2D eigenvalue weighted by molar-refractivity contribution is 8.27. The van der Waals surface area contributed by atoms with Gasteiger partial charge in [0.2, 0.25) is 0 Å². The van der Waals surface area contributed by atoms with Crippen LogP contribution in [0.4, 0.5) is 11.4 Å². The van der Waals surface area contributed by atoms with Gasteiger partial charge in [0, 0.05) is 19.8 Å². The molecule has 0 aliphatic carbocycles. The van der Waals surface area contributed by atoms with Gasteiger partial charge in [-0.25, -0.2) is 4.79 Å². The minimum absolute atomic E-state index is 0.179. The first-order valence-electron chi connectivity index (χ1n) is 9.85. The molecule has 0 aromatic heterocycles. The summed E-state index contributed by atoms with van der Waals surface area (Å²) in [5, 5.41) is 0. The molecule has 0 atom stereocenters. The van der Waals surface area contributed by atoms with Crippen molar-refractivity contribution in [2.75, 3.05) is 44.2 Å². The van der Waals surface area contributed by atoms with E-state index in [-0.39, 0.29) is 12.5 Å². The van der Waals surface area contributed by atoms with Crippen molar-refractivity contribution in [1.82, 2.24) is 0 Å². The average molecular weight is 473 g/mol. The van der Waals surface area contributed by atoms with Crippen LogP contribution >= 0.6 is 24.0 Å². The van der Waals surface area contributed by atoms with Gasteiger partial charge in [-0.05, 0) is 55.0 Å². The van der Waals surface area contributed by atoms with E-state index in [4.69, 9.17) is 21.7 Å². The summed E-state index contributed by atoms with van der Waals surface area (Å²) in [5.41, 5.74) is 2.51. The molecule has 7 nitrogen and oxygen atoms in total. The molecule has 0 N–H and O–H groups in total. The lowest BCUT2D eigenvalue weighted by atomic mass is 10.1. The number of anilines is 2. The van der Waals surface area contributed by atoms with E-state index >= 15 is 0 Å². The number of benzene rings is 2. The molecule has 0 saturated carbocycles. The van der Waals surface area contributed by atoms with E-state index in [1.807, 2.05) is 50.2 Å². The zero-order valence-electron chi connectivity index (χ0n) is 18.3. The summed E-state index contributed by atoms with van der Waals surface area (Å²) in [6.45, 7) is 2.05. The average Bonchev–Trinajstić information content (AvgIpc) is 3.05. The number of nitrogens with zero attached hydrogens (tertiary/aromatic N) is 2. The molecule has 1 amide bonds. The van der Waals surface area contributed by atoms with Gasteiger partial charge in [-0.15, -0.1) is 0 Å². The van der Waals surface area contributed by atoms with Gasteiger partial charge in [-0.1, -0.05) is 30.0 Å². The van der Waals surface area contributed by atoms with Crippen LogP contribution < -0.4 is 19.3 Å². The van der Waals surface area contributed by atoms with Crippen molar-refractivity contribution in [1.29, 1.82) is 0 Å². The Kier molecular flexibility index (Phi) is 7.76. The third-order valence-electron chi connectivity index (χ3n) is 4.56. The lowest BCUT2D eigenvalue weighted by Crippen LogP contribution is -2.27. The third-order valence-corrected chi connectivity index (χ3v) is 5.86. The zero-order valence-corrected chi connectivity index (χ0v) is 19.9. The molecule has 1 heterocycles. The predicted molar refractivity (Wildman–Crippen MR) is 132 cm³/mol. The summed E-state index contributed by atoms with van der Waals surface area (Å²) in [7, 11) is 5.21. The smallest absolute Gasteiger partial charge is 0.343 e. The van der Waals surface area contributed by atoms with E-state index in [1.54, 1.807) is 24.3 Å². The highest BCUT2D eigenvalue weighted by atomic mass is 32.2. The summed E-state index contributed by atoms with van der Waals surface area (Å²) in [4.78, 5) is 28.5. The minimum Gasteiger partial charge on any atom is -0.490 e. The quantitative estimate of drug-likeness (QED) is 0.323. The second kappa shape index (κ2) is 10.5. The van der Waals surface area contributed by atoms with Crippen molar-refractivity contribution in [3.8, 4) is 11.5 Å². The number of ether oxygens (including phenoxy) is 3. The summed E-state index contributed by atoms with van der Waals surface area (Å²) >= 11 is 6.71. The second-order valence-corrected chi connectivity index (χ2v) is 8.61. The predicted octanol–water partition coefficient (Wildman–Crippen LogP) is 4.11. The van der Waals surface area contributed by atoms with Crippen molar-refractivity contribution in [2.24, 2.45) is 0 Å². The Balaban J connectivity index is 1.83. The van der Waals surface area contributed by atoms with Crippen LogP contribution in [0.5, 0.6) is 11.5 Å². The van der Waals surface area contributed by atoms with Gasteiger partial charge >= 0.3 is 5.97 Å². The molecule has 1 aliphatic rings. The Morgan fingerprint density at radius 2 is 1.84 bits per heavy atom. The Bertz CT molecular complexity index is 1050. The van der Waals surface area contributed by atoms with Gasteiger partial charge in [-0.2, -0.15) is 0 Å². The topological polar surface area (TPSA) is 68.3 Å². The minimum atomic E-state index is -0.487. The SMILES string of the molecule is CCOc1cc(/C=C2/SC(=S)N(c3ccc(N(C)C)cc3)C2=O)ccc1OCC(=O)OC. The number of methoxy groups -OCH3 is 1. The van der Waals surface area contributed by atoms with E-state index < -0.39 is 5.97 Å². The Morgan fingerprint density at radius 1 is 1.12 bits per heavy atom. The van der Waals surface area contributed by atoms with Crippen molar-refractivity contribution < 1.29 is 23.8 Å². The van der Waals surface area contributed by atoms with Crippen LogP contribution in [-0.4, -0.2) is 50.6 Å². The standard InChI is InChI=1S/C23H24N2O5S2/c1-5-29-19-12-15(6-11-18(19)30-14-21(26)28-4)13-20-22(27)25(23(31)32-20)17-9-7-16(8-10-17)24(2)3/h6-13H,5,14H2,1-4H3/b20-13+. The molecule has 1 fully saturated rings. The van der Waals surface area contributed by atoms with Gasteiger partial charge in [0.25, 0.3) is 5.91 Å². The maximum Gasteiger partial charge on any atom is 0.343 e. The molecule has 2 aromatic rings. The number of thiocarbonyl (C=S) groups is 1. The third kappa shape index (κ3) is 5.41. The van der Waals surface area contributed by atoms with Crippen molar-refractivity contribution >= 4 is 57.6 Å². The van der Waals surface area contributed by atoms with Crippen LogP contribution in [0.25, 0.3) is 6.08 Å². The highest BCUT2D eigenvalue weighted by Crippen LogP contribution is 2.37. The zero-order chi connectivity index (χ0) is 23.3. The Labute approximate surface area is 196 Å². The normalized spacial score (nSPS) is 14.6. The van der Waals surface area contributed by atoms with Crippen LogP contribution in [0.15, 0.2) is 47.4 Å². The maximum atomic E-state index is 13.1. The number of carbonyl (C=O) groups excluding carboxylic acids is 2. The van der Waals surface area contributed by atoms with E-state index in [0.29, 0.717) is 27.3 Å². The van der Waals surface area contributed by atoms with Crippen LogP contribution in [0, 0.1) is 0 Å². The molecule has 0 radical (unpaired) electrons. The molecule has 9 heteroatoms. The molecule has 32 heavy (non-hydrogen) atoms. The fourth-order valence-corrected chi connectivity index (χ4v) is 4.24. The van der Waals surface area contributed by atoms with Crippen LogP contribution in [0.3, 0.4) is 0 Å². The van der Waals surface area contributed by atoms with Gasteiger partial charge in [0.05, 0.1) is 24.3 Å².